The molecule has 0 atom stereocenters. The summed E-state index contributed by atoms with van der Waals surface area (Å²) in [6.45, 7) is 2.35. The van der Waals surface area contributed by atoms with Gasteiger partial charge in [0.1, 0.15) is 18.1 Å². The first-order chi connectivity index (χ1) is 8.69. The summed E-state index contributed by atoms with van der Waals surface area (Å²) in [6.07, 6.45) is 0. The van der Waals surface area contributed by atoms with Crippen LogP contribution >= 0.6 is 0 Å². The van der Waals surface area contributed by atoms with Crippen molar-refractivity contribution in [3.05, 3.63) is 59.2 Å². The van der Waals surface area contributed by atoms with Gasteiger partial charge in [-0.15, -0.1) is 0 Å². The number of hydrogen-bond acceptors (Lipinski definition) is 3. The molecule has 0 aliphatic carbocycles. The maximum atomic E-state index is 9.18. The van der Waals surface area contributed by atoms with Gasteiger partial charge in [-0.1, -0.05) is 18.2 Å². The fraction of sp³-hybridized carbons (Fsp3) is 0.133. The average Bonchev–Trinajstić information content (AvgIpc) is 2.40. The van der Waals surface area contributed by atoms with Crippen LogP contribution in [0, 0.1) is 18.3 Å². The van der Waals surface area contributed by atoms with Crippen LogP contribution in [0.4, 0.5) is 0 Å². The Morgan fingerprint density at radius 1 is 1.17 bits per heavy atom. The van der Waals surface area contributed by atoms with Crippen molar-refractivity contribution in [2.75, 3.05) is 0 Å². The van der Waals surface area contributed by atoms with Gasteiger partial charge in [0.25, 0.3) is 0 Å². The SMILES string of the molecule is Cc1ccc(C#N)cc1OCc1ccc(O)cc1. The van der Waals surface area contributed by atoms with Gasteiger partial charge in [0.2, 0.25) is 0 Å². The van der Waals surface area contributed by atoms with E-state index in [1.807, 2.05) is 13.0 Å². The van der Waals surface area contributed by atoms with E-state index in [0.717, 1.165) is 11.1 Å². The first-order valence-electron chi connectivity index (χ1n) is 5.60. The number of phenols is 1. The second kappa shape index (κ2) is 5.24. The van der Waals surface area contributed by atoms with Gasteiger partial charge in [0.05, 0.1) is 11.6 Å². The van der Waals surface area contributed by atoms with Gasteiger partial charge < -0.3 is 9.84 Å². The molecule has 0 amide bonds. The molecule has 2 aromatic carbocycles. The van der Waals surface area contributed by atoms with E-state index in [9.17, 15) is 5.11 Å². The molecular formula is C15H13NO2. The Labute approximate surface area is 106 Å². The molecule has 0 spiro atoms. The number of hydrogen-bond donors (Lipinski definition) is 1. The molecule has 18 heavy (non-hydrogen) atoms. The molecule has 0 heterocycles. The lowest BCUT2D eigenvalue weighted by atomic mass is 10.1. The van der Waals surface area contributed by atoms with E-state index in [4.69, 9.17) is 10.00 Å². The quantitative estimate of drug-likeness (QED) is 0.895. The fourth-order valence-electron chi connectivity index (χ4n) is 1.58. The zero-order valence-electron chi connectivity index (χ0n) is 10.1. The van der Waals surface area contributed by atoms with E-state index in [0.29, 0.717) is 17.9 Å². The highest BCUT2D eigenvalue weighted by atomic mass is 16.5. The summed E-state index contributed by atoms with van der Waals surface area (Å²) in [5.74, 6) is 0.948. The van der Waals surface area contributed by atoms with Crippen LogP contribution in [-0.4, -0.2) is 5.11 Å². The van der Waals surface area contributed by atoms with Crippen molar-refractivity contribution in [3.63, 3.8) is 0 Å². The number of ether oxygens (including phenoxy) is 1. The molecule has 0 saturated carbocycles. The van der Waals surface area contributed by atoms with Crippen LogP contribution in [0.1, 0.15) is 16.7 Å². The topological polar surface area (TPSA) is 53.2 Å². The van der Waals surface area contributed by atoms with Crippen LogP contribution in [-0.2, 0) is 6.61 Å². The third kappa shape index (κ3) is 2.80. The zero-order chi connectivity index (χ0) is 13.0. The van der Waals surface area contributed by atoms with E-state index in [2.05, 4.69) is 6.07 Å². The summed E-state index contributed by atoms with van der Waals surface area (Å²) in [5.41, 5.74) is 2.55. The van der Waals surface area contributed by atoms with Gasteiger partial charge in [0.15, 0.2) is 0 Å². The normalized spacial score (nSPS) is 9.78. The molecule has 3 heteroatoms. The highest BCUT2D eigenvalue weighted by molar-refractivity contribution is 5.41. The Balaban J connectivity index is 2.10. The molecule has 2 rings (SSSR count). The van der Waals surface area contributed by atoms with Crippen molar-refractivity contribution >= 4 is 0 Å². The Morgan fingerprint density at radius 2 is 1.89 bits per heavy atom. The van der Waals surface area contributed by atoms with E-state index in [-0.39, 0.29) is 5.75 Å². The number of nitriles is 1. The van der Waals surface area contributed by atoms with Crippen molar-refractivity contribution < 1.29 is 9.84 Å². The standard InChI is InChI=1S/C15H13NO2/c1-11-2-3-13(9-16)8-15(11)18-10-12-4-6-14(17)7-5-12/h2-8,17H,10H2,1H3. The number of benzene rings is 2. The highest BCUT2D eigenvalue weighted by Crippen LogP contribution is 2.21. The Morgan fingerprint density at radius 3 is 2.56 bits per heavy atom. The van der Waals surface area contributed by atoms with Crippen LogP contribution in [0.15, 0.2) is 42.5 Å². The molecule has 90 valence electrons. The predicted octanol–water partition coefficient (Wildman–Crippen LogP) is 3.15. The third-order valence-corrected chi connectivity index (χ3v) is 2.65. The second-order valence-corrected chi connectivity index (χ2v) is 4.05. The van der Waals surface area contributed by atoms with Gasteiger partial charge in [-0.25, -0.2) is 0 Å². The maximum Gasteiger partial charge on any atom is 0.124 e. The lowest BCUT2D eigenvalue weighted by Gasteiger charge is -2.09. The first kappa shape index (κ1) is 12.0. The number of phenolic OH excluding ortho intramolecular Hbond substituents is 1. The van der Waals surface area contributed by atoms with E-state index in [1.54, 1.807) is 36.4 Å². The Bertz CT molecular complexity index is 582. The predicted molar refractivity (Wildman–Crippen MR) is 68.3 cm³/mol. The fourth-order valence-corrected chi connectivity index (χ4v) is 1.58. The summed E-state index contributed by atoms with van der Waals surface area (Å²) in [7, 11) is 0. The van der Waals surface area contributed by atoms with Gasteiger partial charge in [-0.3, -0.25) is 0 Å². The minimum Gasteiger partial charge on any atom is -0.508 e. The van der Waals surface area contributed by atoms with Gasteiger partial charge in [-0.2, -0.15) is 5.26 Å². The minimum atomic E-state index is 0.237. The van der Waals surface area contributed by atoms with Crippen molar-refractivity contribution in [3.8, 4) is 17.6 Å². The molecule has 1 N–H and O–H groups in total. The zero-order valence-corrected chi connectivity index (χ0v) is 10.1. The lowest BCUT2D eigenvalue weighted by molar-refractivity contribution is 0.304. The Hall–Kier alpha value is -2.47. The van der Waals surface area contributed by atoms with E-state index >= 15 is 0 Å². The van der Waals surface area contributed by atoms with Crippen LogP contribution in [0.25, 0.3) is 0 Å². The molecule has 0 saturated heterocycles. The van der Waals surface area contributed by atoms with Gasteiger partial charge in [-0.05, 0) is 42.3 Å². The molecule has 0 aromatic heterocycles. The molecule has 0 bridgehead atoms. The summed E-state index contributed by atoms with van der Waals surface area (Å²) >= 11 is 0. The average molecular weight is 239 g/mol. The van der Waals surface area contributed by atoms with Crippen LogP contribution in [0.2, 0.25) is 0 Å². The number of aromatic hydroxyl groups is 1. The molecule has 0 fully saturated rings. The van der Waals surface area contributed by atoms with Crippen LogP contribution in [0.3, 0.4) is 0 Å². The third-order valence-electron chi connectivity index (χ3n) is 2.65. The first-order valence-corrected chi connectivity index (χ1v) is 5.60. The lowest BCUT2D eigenvalue weighted by Crippen LogP contribution is -1.97. The summed E-state index contributed by atoms with van der Waals surface area (Å²) in [4.78, 5) is 0. The number of rotatable bonds is 3. The van der Waals surface area contributed by atoms with Gasteiger partial charge >= 0.3 is 0 Å². The molecular weight excluding hydrogens is 226 g/mol. The van der Waals surface area contributed by atoms with Crippen LogP contribution < -0.4 is 4.74 Å². The van der Waals surface area contributed by atoms with Crippen molar-refractivity contribution in [2.24, 2.45) is 0 Å². The second-order valence-electron chi connectivity index (χ2n) is 4.05. The summed E-state index contributed by atoms with van der Waals surface area (Å²) in [5, 5.41) is 18.0. The molecule has 0 unspecified atom stereocenters. The maximum absolute atomic E-state index is 9.18. The van der Waals surface area contributed by atoms with Crippen molar-refractivity contribution in [1.82, 2.24) is 0 Å². The molecule has 0 aliphatic rings. The summed E-state index contributed by atoms with van der Waals surface area (Å²) < 4.78 is 5.67. The number of nitrogens with zero attached hydrogens (tertiary/aromatic N) is 1. The van der Waals surface area contributed by atoms with Crippen molar-refractivity contribution in [1.29, 1.82) is 5.26 Å². The number of aryl methyl sites for hydroxylation is 1. The van der Waals surface area contributed by atoms with E-state index < -0.39 is 0 Å². The molecule has 0 aliphatic heterocycles. The molecule has 2 aromatic rings. The minimum absolute atomic E-state index is 0.237. The molecule has 0 radical (unpaired) electrons. The smallest absolute Gasteiger partial charge is 0.124 e. The summed E-state index contributed by atoms with van der Waals surface area (Å²) in [6, 6.07) is 14.3. The van der Waals surface area contributed by atoms with Crippen LogP contribution in [0.5, 0.6) is 11.5 Å². The van der Waals surface area contributed by atoms with E-state index in [1.165, 1.54) is 0 Å². The highest BCUT2D eigenvalue weighted by Gasteiger charge is 2.02. The largest absolute Gasteiger partial charge is 0.508 e. The monoisotopic (exact) mass is 239 g/mol. The Kier molecular flexibility index (Phi) is 3.49. The van der Waals surface area contributed by atoms with Crippen molar-refractivity contribution in [2.45, 2.75) is 13.5 Å². The molecule has 3 nitrogen and oxygen atoms in total. The van der Waals surface area contributed by atoms with Gasteiger partial charge in [0, 0.05) is 0 Å².